The largest absolute Gasteiger partial charge is 0.356 e. The maximum absolute atomic E-state index is 12.4. The number of H-pyrrole nitrogens is 1. The maximum atomic E-state index is 12.4. The monoisotopic (exact) mass is 372 g/mol. The summed E-state index contributed by atoms with van der Waals surface area (Å²) in [5, 5.41) is 6.20. The number of rotatable bonds is 7. The first-order chi connectivity index (χ1) is 13.1. The molecule has 146 valence electrons. The number of nitrogens with zero attached hydrogens (tertiary/aromatic N) is 2. The van der Waals surface area contributed by atoms with Crippen LogP contribution in [-0.4, -0.2) is 46.8 Å². The van der Waals surface area contributed by atoms with E-state index in [1.807, 2.05) is 0 Å². The lowest BCUT2D eigenvalue weighted by molar-refractivity contribution is -0.121. The Morgan fingerprint density at radius 1 is 1.00 bits per heavy atom. The van der Waals surface area contributed by atoms with Crippen LogP contribution in [0.1, 0.15) is 38.5 Å². The van der Waals surface area contributed by atoms with Crippen molar-refractivity contribution in [3.63, 3.8) is 0 Å². The quantitative estimate of drug-likeness (QED) is 0.721. The summed E-state index contributed by atoms with van der Waals surface area (Å²) >= 11 is 0. The molecule has 1 aliphatic rings. The minimum Gasteiger partial charge on any atom is -0.356 e. The second-order valence-electron chi connectivity index (χ2n) is 7.15. The van der Waals surface area contributed by atoms with Gasteiger partial charge in [0.2, 0.25) is 5.91 Å². The third-order valence-electron chi connectivity index (χ3n) is 5.12. The molecule has 0 atom stereocenters. The lowest BCUT2D eigenvalue weighted by atomic mass is 10.2. The van der Waals surface area contributed by atoms with Crippen LogP contribution in [-0.2, 0) is 11.3 Å². The van der Waals surface area contributed by atoms with E-state index < -0.39 is 0 Å². The van der Waals surface area contributed by atoms with E-state index in [-0.39, 0.29) is 30.0 Å². The molecule has 1 saturated heterocycles. The van der Waals surface area contributed by atoms with Gasteiger partial charge in [-0.2, -0.15) is 0 Å². The number of hydrogen-bond donors (Lipinski definition) is 2. The second-order valence-corrected chi connectivity index (χ2v) is 7.15. The molecule has 0 aliphatic carbocycles. The molecule has 1 fully saturated rings. The molecule has 1 aromatic heterocycles. The predicted octanol–water partition coefficient (Wildman–Crippen LogP) is 1.46. The molecule has 1 aromatic carbocycles. The fraction of sp³-hybridized carbons (Fsp3) is 0.550. The highest BCUT2D eigenvalue weighted by Gasteiger charge is 2.10. The first kappa shape index (κ1) is 19.4. The predicted molar refractivity (Wildman–Crippen MR) is 106 cm³/mol. The Bertz CT molecular complexity index is 879. The fourth-order valence-corrected chi connectivity index (χ4v) is 3.60. The van der Waals surface area contributed by atoms with E-state index in [9.17, 15) is 14.4 Å². The molecule has 2 heterocycles. The van der Waals surface area contributed by atoms with Crippen LogP contribution in [0.25, 0.3) is 10.8 Å². The average molecular weight is 372 g/mol. The number of amides is 1. The molecule has 1 amide bonds. The van der Waals surface area contributed by atoms with E-state index in [4.69, 9.17) is 0 Å². The van der Waals surface area contributed by atoms with Crippen molar-refractivity contribution in [3.05, 3.63) is 45.0 Å². The Kier molecular flexibility index (Phi) is 6.81. The Morgan fingerprint density at radius 3 is 2.44 bits per heavy atom. The summed E-state index contributed by atoms with van der Waals surface area (Å²) in [6, 6.07) is 6.70. The smallest absolute Gasteiger partial charge is 0.273 e. The minimum atomic E-state index is -0.317. The van der Waals surface area contributed by atoms with Crippen molar-refractivity contribution in [2.24, 2.45) is 0 Å². The van der Waals surface area contributed by atoms with Crippen LogP contribution in [0.3, 0.4) is 0 Å². The van der Waals surface area contributed by atoms with Crippen LogP contribution in [0.2, 0.25) is 0 Å². The highest BCUT2D eigenvalue weighted by Crippen LogP contribution is 2.09. The number of fused-ring (bicyclic) bond motifs is 1. The van der Waals surface area contributed by atoms with Crippen LogP contribution in [0.4, 0.5) is 0 Å². The molecule has 0 unspecified atom stereocenters. The Balaban J connectivity index is 1.45. The number of nitrogens with one attached hydrogen (secondary N) is 2. The van der Waals surface area contributed by atoms with Crippen LogP contribution >= 0.6 is 0 Å². The summed E-state index contributed by atoms with van der Waals surface area (Å²) in [5.41, 5.74) is -0.595. The lowest BCUT2D eigenvalue weighted by Gasteiger charge is -2.19. The topological polar surface area (TPSA) is 87.2 Å². The molecular formula is C20H28N4O3. The molecule has 7 nitrogen and oxygen atoms in total. The molecule has 2 aromatic rings. The number of aromatic amines is 1. The van der Waals surface area contributed by atoms with Crippen molar-refractivity contribution in [3.8, 4) is 0 Å². The van der Waals surface area contributed by atoms with Gasteiger partial charge in [-0.1, -0.05) is 25.0 Å². The second kappa shape index (κ2) is 9.50. The van der Waals surface area contributed by atoms with Crippen LogP contribution in [0.15, 0.2) is 33.9 Å². The van der Waals surface area contributed by atoms with Gasteiger partial charge in [0.1, 0.15) is 0 Å². The number of aromatic nitrogens is 2. The van der Waals surface area contributed by atoms with Gasteiger partial charge < -0.3 is 10.2 Å². The van der Waals surface area contributed by atoms with Gasteiger partial charge in [0, 0.05) is 13.0 Å². The fourth-order valence-electron chi connectivity index (χ4n) is 3.60. The third-order valence-corrected chi connectivity index (χ3v) is 5.12. The molecule has 3 rings (SSSR count). The summed E-state index contributed by atoms with van der Waals surface area (Å²) in [5.74, 6) is -0.105. The third kappa shape index (κ3) is 5.29. The van der Waals surface area contributed by atoms with Crippen LogP contribution in [0, 0.1) is 0 Å². The summed E-state index contributed by atoms with van der Waals surface area (Å²) in [4.78, 5) is 39.0. The molecule has 0 spiro atoms. The molecule has 27 heavy (non-hydrogen) atoms. The van der Waals surface area contributed by atoms with Gasteiger partial charge in [0.05, 0.1) is 17.3 Å². The number of hydrogen-bond acceptors (Lipinski definition) is 4. The molecule has 0 radical (unpaired) electrons. The van der Waals surface area contributed by atoms with E-state index in [1.54, 1.807) is 24.3 Å². The van der Waals surface area contributed by atoms with Gasteiger partial charge >= 0.3 is 0 Å². The maximum Gasteiger partial charge on any atom is 0.273 e. The summed E-state index contributed by atoms with van der Waals surface area (Å²) in [6.07, 6.45) is 6.28. The zero-order chi connectivity index (χ0) is 19.1. The van der Waals surface area contributed by atoms with E-state index >= 15 is 0 Å². The Hall–Kier alpha value is -2.41. The zero-order valence-corrected chi connectivity index (χ0v) is 15.7. The van der Waals surface area contributed by atoms with Gasteiger partial charge in [-0.25, -0.2) is 4.68 Å². The van der Waals surface area contributed by atoms with Crippen molar-refractivity contribution in [2.45, 2.75) is 45.1 Å². The number of aryl methyl sites for hydroxylation is 1. The number of benzene rings is 1. The van der Waals surface area contributed by atoms with Gasteiger partial charge in [-0.15, -0.1) is 0 Å². The van der Waals surface area contributed by atoms with Crippen molar-refractivity contribution in [1.82, 2.24) is 20.0 Å². The molecule has 1 aliphatic heterocycles. The number of carbonyl (C=O) groups excluding carboxylic acids is 1. The van der Waals surface area contributed by atoms with Gasteiger partial charge in [-0.3, -0.25) is 19.5 Å². The van der Waals surface area contributed by atoms with Crippen molar-refractivity contribution in [1.29, 1.82) is 0 Å². The van der Waals surface area contributed by atoms with Crippen molar-refractivity contribution in [2.75, 3.05) is 26.2 Å². The lowest BCUT2D eigenvalue weighted by Crippen LogP contribution is -2.33. The van der Waals surface area contributed by atoms with Crippen LogP contribution in [0.5, 0.6) is 0 Å². The highest BCUT2D eigenvalue weighted by atomic mass is 16.2. The van der Waals surface area contributed by atoms with E-state index in [2.05, 4.69) is 15.3 Å². The van der Waals surface area contributed by atoms with Crippen molar-refractivity contribution >= 4 is 16.7 Å². The standard InChI is InChI=1S/C20H28N4O3/c25-18(21-11-7-14-23-12-5-1-2-6-13-23)10-15-24-20(27)17-9-4-3-8-16(17)19(26)22-24/h3-4,8-9H,1-2,5-7,10-15H2,(H,21,25)(H,22,26). The van der Waals surface area contributed by atoms with Gasteiger partial charge in [0.25, 0.3) is 11.1 Å². The molecule has 7 heteroatoms. The molecule has 2 N–H and O–H groups in total. The molecule has 0 bridgehead atoms. The highest BCUT2D eigenvalue weighted by molar-refractivity contribution is 5.80. The van der Waals surface area contributed by atoms with Gasteiger partial charge in [-0.05, 0) is 51.0 Å². The van der Waals surface area contributed by atoms with E-state index in [1.165, 1.54) is 30.4 Å². The first-order valence-corrected chi connectivity index (χ1v) is 9.86. The minimum absolute atomic E-state index is 0.105. The normalized spacial score (nSPS) is 15.6. The van der Waals surface area contributed by atoms with Crippen molar-refractivity contribution < 1.29 is 4.79 Å². The summed E-state index contributed by atoms with van der Waals surface area (Å²) in [7, 11) is 0. The Morgan fingerprint density at radius 2 is 1.70 bits per heavy atom. The summed E-state index contributed by atoms with van der Waals surface area (Å²) < 4.78 is 1.22. The zero-order valence-electron chi connectivity index (χ0n) is 15.7. The SMILES string of the molecule is O=C(CCn1[nH]c(=O)c2ccccc2c1=O)NCCCN1CCCCCC1. The van der Waals surface area contributed by atoms with Gasteiger partial charge in [0.15, 0.2) is 0 Å². The van der Waals surface area contributed by atoms with Crippen LogP contribution < -0.4 is 16.4 Å². The number of carbonyl (C=O) groups is 1. The Labute approximate surface area is 158 Å². The first-order valence-electron chi connectivity index (χ1n) is 9.86. The summed E-state index contributed by atoms with van der Waals surface area (Å²) in [6.45, 7) is 4.13. The van der Waals surface area contributed by atoms with E-state index in [0.717, 1.165) is 26.1 Å². The van der Waals surface area contributed by atoms with E-state index in [0.29, 0.717) is 17.3 Å². The number of likely N-dealkylation sites (tertiary alicyclic amines) is 1. The molecule has 0 saturated carbocycles. The average Bonchev–Trinajstić information content (AvgIpc) is 2.96. The molecular weight excluding hydrogens is 344 g/mol.